The molecule has 0 amide bonds. The minimum atomic E-state index is -0.315. The first kappa shape index (κ1) is 9.35. The van der Waals surface area contributed by atoms with Gasteiger partial charge in [0.2, 0.25) is 0 Å². The lowest BCUT2D eigenvalue weighted by Gasteiger charge is -2.31. The largest absolute Gasteiger partial charge is 0.389 e. The molecule has 1 unspecified atom stereocenters. The van der Waals surface area contributed by atoms with Crippen molar-refractivity contribution in [3.63, 3.8) is 0 Å². The molecule has 1 aliphatic carbocycles. The number of hydrogen-bond donors (Lipinski definition) is 1. The number of allylic oxidation sites excluding steroid dienone is 1. The van der Waals surface area contributed by atoms with Crippen LogP contribution in [0.5, 0.6) is 0 Å². The summed E-state index contributed by atoms with van der Waals surface area (Å²) in [4.78, 5) is 0. The molecular weight excluding hydrogens is 148 g/mol. The number of terminal acetylenes is 1. The molecule has 0 heterocycles. The van der Waals surface area contributed by atoms with E-state index in [2.05, 4.69) is 25.8 Å². The van der Waals surface area contributed by atoms with Crippen LogP contribution in [0.25, 0.3) is 0 Å². The first-order valence-corrected chi connectivity index (χ1v) is 4.35. The van der Waals surface area contributed by atoms with Crippen LogP contribution >= 0.6 is 0 Å². The molecule has 0 fully saturated rings. The molecule has 0 aromatic rings. The highest BCUT2D eigenvalue weighted by molar-refractivity contribution is 5.19. The molecule has 1 atom stereocenters. The Bertz CT molecular complexity index is 230. The van der Waals surface area contributed by atoms with Gasteiger partial charge < -0.3 is 5.11 Å². The molecule has 1 N–H and O–H groups in total. The quantitative estimate of drug-likeness (QED) is 0.465. The topological polar surface area (TPSA) is 20.2 Å². The molecular formula is C11H16O. The Balaban J connectivity index is 2.69. The smallest absolute Gasteiger partial charge is 0.0764 e. The second-order valence-corrected chi connectivity index (χ2v) is 4.25. The summed E-state index contributed by atoms with van der Waals surface area (Å²) in [6.07, 6.45) is 9.42. The molecule has 12 heavy (non-hydrogen) atoms. The van der Waals surface area contributed by atoms with E-state index in [1.165, 1.54) is 0 Å². The lowest BCUT2D eigenvalue weighted by Crippen LogP contribution is -2.26. The third-order valence-electron chi connectivity index (χ3n) is 2.40. The molecule has 0 radical (unpaired) electrons. The van der Waals surface area contributed by atoms with Crippen LogP contribution in [0.4, 0.5) is 0 Å². The van der Waals surface area contributed by atoms with Gasteiger partial charge in [-0.05, 0) is 23.8 Å². The number of aliphatic hydroxyl groups is 1. The van der Waals surface area contributed by atoms with Crippen molar-refractivity contribution in [2.45, 2.75) is 39.2 Å². The van der Waals surface area contributed by atoms with E-state index in [4.69, 9.17) is 6.42 Å². The Morgan fingerprint density at radius 3 is 2.92 bits per heavy atom. The van der Waals surface area contributed by atoms with Crippen molar-refractivity contribution in [2.24, 2.45) is 5.41 Å². The fraction of sp³-hybridized carbons (Fsp3) is 0.636. The molecule has 0 aliphatic heterocycles. The Morgan fingerprint density at radius 1 is 1.75 bits per heavy atom. The van der Waals surface area contributed by atoms with Gasteiger partial charge in [0.1, 0.15) is 0 Å². The normalized spacial score (nSPS) is 27.5. The maximum absolute atomic E-state index is 9.67. The summed E-state index contributed by atoms with van der Waals surface area (Å²) in [7, 11) is 0. The van der Waals surface area contributed by atoms with Crippen LogP contribution in [0.3, 0.4) is 0 Å². The van der Waals surface area contributed by atoms with E-state index in [0.717, 1.165) is 18.4 Å². The van der Waals surface area contributed by atoms with E-state index >= 15 is 0 Å². The highest BCUT2D eigenvalue weighted by Crippen LogP contribution is 2.35. The van der Waals surface area contributed by atoms with Crippen molar-refractivity contribution in [3.05, 3.63) is 11.6 Å². The van der Waals surface area contributed by atoms with Gasteiger partial charge >= 0.3 is 0 Å². The van der Waals surface area contributed by atoms with Crippen molar-refractivity contribution in [1.29, 1.82) is 0 Å². The average Bonchev–Trinajstić information content (AvgIpc) is 1.94. The summed E-state index contributed by atoms with van der Waals surface area (Å²) < 4.78 is 0. The van der Waals surface area contributed by atoms with Gasteiger partial charge in [-0.3, -0.25) is 0 Å². The van der Waals surface area contributed by atoms with Crippen molar-refractivity contribution in [1.82, 2.24) is 0 Å². The fourth-order valence-corrected chi connectivity index (χ4v) is 1.59. The zero-order valence-electron chi connectivity index (χ0n) is 7.80. The third kappa shape index (κ3) is 2.12. The van der Waals surface area contributed by atoms with Gasteiger partial charge in [0, 0.05) is 6.42 Å². The lowest BCUT2D eigenvalue weighted by atomic mass is 9.76. The van der Waals surface area contributed by atoms with Crippen LogP contribution in [0.1, 0.15) is 33.1 Å². The molecule has 0 spiro atoms. The summed E-state index contributed by atoms with van der Waals surface area (Å²) in [5, 5.41) is 9.67. The molecule has 1 rings (SSSR count). The van der Waals surface area contributed by atoms with Gasteiger partial charge in [-0.15, -0.1) is 12.3 Å². The maximum Gasteiger partial charge on any atom is 0.0764 e. The highest BCUT2D eigenvalue weighted by Gasteiger charge is 2.27. The van der Waals surface area contributed by atoms with E-state index < -0.39 is 0 Å². The Labute approximate surface area is 74.5 Å². The van der Waals surface area contributed by atoms with E-state index in [-0.39, 0.29) is 11.5 Å². The van der Waals surface area contributed by atoms with Crippen molar-refractivity contribution >= 4 is 0 Å². The summed E-state index contributed by atoms with van der Waals surface area (Å²) in [6, 6.07) is 0. The summed E-state index contributed by atoms with van der Waals surface area (Å²) in [5.74, 6) is 2.57. The van der Waals surface area contributed by atoms with Gasteiger partial charge in [0.05, 0.1) is 6.10 Å². The molecule has 1 nitrogen and oxygen atoms in total. The second kappa shape index (κ2) is 3.33. The average molecular weight is 164 g/mol. The summed E-state index contributed by atoms with van der Waals surface area (Å²) >= 11 is 0. The minimum absolute atomic E-state index is 0.234. The van der Waals surface area contributed by atoms with E-state index in [1.807, 2.05) is 0 Å². The molecule has 0 saturated carbocycles. The summed E-state index contributed by atoms with van der Waals surface area (Å²) in [6.45, 7) is 4.33. The number of aliphatic hydroxyl groups excluding tert-OH is 1. The molecule has 0 aromatic heterocycles. The number of rotatable bonds is 1. The monoisotopic (exact) mass is 164 g/mol. The number of hydrogen-bond acceptors (Lipinski definition) is 1. The highest BCUT2D eigenvalue weighted by atomic mass is 16.3. The van der Waals surface area contributed by atoms with Gasteiger partial charge in [-0.1, -0.05) is 19.9 Å². The van der Waals surface area contributed by atoms with Crippen LogP contribution in [0.15, 0.2) is 11.6 Å². The first-order chi connectivity index (χ1) is 5.55. The lowest BCUT2D eigenvalue weighted by molar-refractivity contribution is 0.130. The Kier molecular flexibility index (Phi) is 2.59. The van der Waals surface area contributed by atoms with E-state index in [1.54, 1.807) is 0 Å². The summed E-state index contributed by atoms with van der Waals surface area (Å²) in [5.41, 5.74) is 1.26. The molecule has 0 bridgehead atoms. The maximum atomic E-state index is 9.67. The molecule has 1 heteroatoms. The van der Waals surface area contributed by atoms with E-state index in [9.17, 15) is 5.11 Å². The predicted molar refractivity (Wildman–Crippen MR) is 50.6 cm³/mol. The SMILES string of the molecule is C#CCC1=CCC(C)(C)CC1O. The van der Waals surface area contributed by atoms with Crippen LogP contribution < -0.4 is 0 Å². The fourth-order valence-electron chi connectivity index (χ4n) is 1.59. The second-order valence-electron chi connectivity index (χ2n) is 4.25. The minimum Gasteiger partial charge on any atom is -0.389 e. The van der Waals surface area contributed by atoms with Crippen LogP contribution in [0, 0.1) is 17.8 Å². The Morgan fingerprint density at radius 2 is 2.42 bits per heavy atom. The molecule has 0 aromatic carbocycles. The standard InChI is InChI=1S/C11H16O/c1-4-5-9-6-7-11(2,3)8-10(9)12/h1,6,10,12H,5,7-8H2,2-3H3. The Hall–Kier alpha value is -0.740. The van der Waals surface area contributed by atoms with Crippen molar-refractivity contribution in [2.75, 3.05) is 0 Å². The van der Waals surface area contributed by atoms with Crippen LogP contribution in [-0.2, 0) is 0 Å². The molecule has 66 valence electrons. The molecule has 0 saturated heterocycles. The van der Waals surface area contributed by atoms with Gasteiger partial charge in [-0.25, -0.2) is 0 Å². The van der Waals surface area contributed by atoms with Gasteiger partial charge in [-0.2, -0.15) is 0 Å². The first-order valence-electron chi connectivity index (χ1n) is 4.35. The van der Waals surface area contributed by atoms with E-state index in [0.29, 0.717) is 6.42 Å². The van der Waals surface area contributed by atoms with Crippen molar-refractivity contribution < 1.29 is 5.11 Å². The van der Waals surface area contributed by atoms with Crippen molar-refractivity contribution in [3.8, 4) is 12.3 Å². The third-order valence-corrected chi connectivity index (χ3v) is 2.40. The van der Waals surface area contributed by atoms with Gasteiger partial charge in [0.15, 0.2) is 0 Å². The van der Waals surface area contributed by atoms with Gasteiger partial charge in [0.25, 0.3) is 0 Å². The van der Waals surface area contributed by atoms with Crippen LogP contribution in [-0.4, -0.2) is 11.2 Å². The zero-order valence-corrected chi connectivity index (χ0v) is 7.80. The van der Waals surface area contributed by atoms with Crippen LogP contribution in [0.2, 0.25) is 0 Å². The zero-order chi connectivity index (χ0) is 9.19. The molecule has 1 aliphatic rings. The predicted octanol–water partition coefficient (Wildman–Crippen LogP) is 2.12.